The Balaban J connectivity index is 2.32. The van der Waals surface area contributed by atoms with E-state index in [9.17, 15) is 13.2 Å². The summed E-state index contributed by atoms with van der Waals surface area (Å²) in [6, 6.07) is 12.4. The smallest absolute Gasteiger partial charge is 0.313 e. The van der Waals surface area contributed by atoms with Crippen molar-refractivity contribution in [3.05, 3.63) is 70.2 Å². The van der Waals surface area contributed by atoms with Gasteiger partial charge in [0.15, 0.2) is 0 Å². The average Bonchev–Trinajstić information content (AvgIpc) is 2.46. The number of benzene rings is 2. The van der Waals surface area contributed by atoms with Crippen LogP contribution in [0.2, 0.25) is 5.02 Å². The fourth-order valence-electron chi connectivity index (χ4n) is 2.28. The quantitative estimate of drug-likeness (QED) is 0.850. The molecule has 0 saturated heterocycles. The molecule has 0 saturated carbocycles. The van der Waals surface area contributed by atoms with E-state index >= 15 is 0 Å². The summed E-state index contributed by atoms with van der Waals surface area (Å²) in [5.74, 6) is 0. The lowest BCUT2D eigenvalue weighted by Gasteiger charge is -2.21. The number of likely N-dealkylation sites (N-methyl/N-ethyl adjacent to an activating group) is 1. The van der Waals surface area contributed by atoms with Crippen LogP contribution in [0.3, 0.4) is 0 Å². The number of nitrogens with one attached hydrogen (secondary N) is 1. The third-order valence-electron chi connectivity index (χ3n) is 3.34. The lowest BCUT2D eigenvalue weighted by atomic mass is 9.94. The van der Waals surface area contributed by atoms with Crippen LogP contribution in [-0.4, -0.2) is 7.05 Å². The van der Waals surface area contributed by atoms with Crippen LogP contribution in [0.4, 0.5) is 13.2 Å². The van der Waals surface area contributed by atoms with Crippen LogP contribution in [-0.2, 0) is 12.6 Å². The summed E-state index contributed by atoms with van der Waals surface area (Å²) >= 11 is 5.82. The minimum Gasteiger partial charge on any atom is -0.313 e. The van der Waals surface area contributed by atoms with E-state index in [0.29, 0.717) is 11.4 Å². The second kappa shape index (κ2) is 6.50. The van der Waals surface area contributed by atoms with Crippen molar-refractivity contribution in [1.82, 2.24) is 5.32 Å². The van der Waals surface area contributed by atoms with E-state index in [1.54, 1.807) is 25.2 Å². The van der Waals surface area contributed by atoms with Crippen molar-refractivity contribution in [2.75, 3.05) is 7.05 Å². The summed E-state index contributed by atoms with van der Waals surface area (Å²) in [6.45, 7) is 0. The van der Waals surface area contributed by atoms with Gasteiger partial charge in [-0.2, -0.15) is 13.2 Å². The molecule has 0 bridgehead atoms. The zero-order valence-electron chi connectivity index (χ0n) is 11.4. The zero-order valence-corrected chi connectivity index (χ0v) is 12.2. The first-order valence-corrected chi connectivity index (χ1v) is 6.87. The molecule has 1 atom stereocenters. The van der Waals surface area contributed by atoms with Gasteiger partial charge in [0.1, 0.15) is 0 Å². The summed E-state index contributed by atoms with van der Waals surface area (Å²) in [4.78, 5) is 0. The van der Waals surface area contributed by atoms with Gasteiger partial charge in [-0.05, 0) is 42.8 Å². The zero-order chi connectivity index (χ0) is 15.5. The normalized spacial score (nSPS) is 13.2. The van der Waals surface area contributed by atoms with E-state index in [4.69, 9.17) is 11.6 Å². The molecule has 2 aromatic carbocycles. The molecular formula is C16H15ClF3N. The van der Waals surface area contributed by atoms with Crippen LogP contribution in [0, 0.1) is 0 Å². The third kappa shape index (κ3) is 3.99. The van der Waals surface area contributed by atoms with E-state index in [0.717, 1.165) is 11.6 Å². The molecule has 0 spiro atoms. The lowest BCUT2D eigenvalue weighted by Crippen LogP contribution is -2.22. The highest BCUT2D eigenvalue weighted by molar-refractivity contribution is 6.30. The van der Waals surface area contributed by atoms with Gasteiger partial charge in [-0.15, -0.1) is 0 Å². The molecular weight excluding hydrogens is 299 g/mol. The summed E-state index contributed by atoms with van der Waals surface area (Å²) in [6.07, 6.45) is -3.90. The van der Waals surface area contributed by atoms with Crippen LogP contribution < -0.4 is 5.32 Å². The average molecular weight is 314 g/mol. The Hall–Kier alpha value is -1.52. The SMILES string of the molecule is CNC(Cc1ccc(Cl)cc1)c1ccccc1C(F)(F)F. The maximum absolute atomic E-state index is 13.1. The predicted molar refractivity (Wildman–Crippen MR) is 78.4 cm³/mol. The molecule has 0 amide bonds. The Morgan fingerprint density at radius 1 is 1.05 bits per heavy atom. The standard InChI is InChI=1S/C16H15ClF3N/c1-21-15(10-11-6-8-12(17)9-7-11)13-4-2-3-5-14(13)16(18,19)20/h2-9,15,21H,10H2,1H3. The number of hydrogen-bond donors (Lipinski definition) is 1. The van der Waals surface area contributed by atoms with Gasteiger partial charge >= 0.3 is 6.18 Å². The highest BCUT2D eigenvalue weighted by Crippen LogP contribution is 2.35. The first-order chi connectivity index (χ1) is 9.91. The maximum atomic E-state index is 13.1. The van der Waals surface area contributed by atoms with Crippen molar-refractivity contribution in [2.45, 2.75) is 18.6 Å². The molecule has 0 aromatic heterocycles. The topological polar surface area (TPSA) is 12.0 Å². The first kappa shape index (κ1) is 15.9. The van der Waals surface area contributed by atoms with Crippen LogP contribution >= 0.6 is 11.6 Å². The Kier molecular flexibility index (Phi) is 4.91. The third-order valence-corrected chi connectivity index (χ3v) is 3.60. The van der Waals surface area contributed by atoms with Gasteiger partial charge in [0.05, 0.1) is 5.56 Å². The molecule has 0 radical (unpaired) electrons. The molecule has 0 aliphatic rings. The van der Waals surface area contributed by atoms with Crippen molar-refractivity contribution in [2.24, 2.45) is 0 Å². The Morgan fingerprint density at radius 2 is 1.67 bits per heavy atom. The number of alkyl halides is 3. The summed E-state index contributed by atoms with van der Waals surface area (Å²) in [7, 11) is 1.66. The van der Waals surface area contributed by atoms with Gasteiger partial charge in [0.25, 0.3) is 0 Å². The van der Waals surface area contributed by atoms with Crippen LogP contribution in [0.5, 0.6) is 0 Å². The van der Waals surface area contributed by atoms with Crippen LogP contribution in [0.1, 0.15) is 22.7 Å². The molecule has 5 heteroatoms. The molecule has 1 unspecified atom stereocenters. The molecule has 21 heavy (non-hydrogen) atoms. The number of halogens is 4. The Morgan fingerprint density at radius 3 is 2.24 bits per heavy atom. The number of hydrogen-bond acceptors (Lipinski definition) is 1. The highest BCUT2D eigenvalue weighted by atomic mass is 35.5. The molecule has 1 nitrogen and oxygen atoms in total. The van der Waals surface area contributed by atoms with Crippen molar-refractivity contribution in [1.29, 1.82) is 0 Å². The molecule has 0 fully saturated rings. The van der Waals surface area contributed by atoms with Crippen molar-refractivity contribution >= 4 is 11.6 Å². The van der Waals surface area contributed by atoms with Crippen molar-refractivity contribution in [3.8, 4) is 0 Å². The van der Waals surface area contributed by atoms with Crippen molar-refractivity contribution in [3.63, 3.8) is 0 Å². The molecule has 0 heterocycles. The Labute approximate surface area is 126 Å². The molecule has 112 valence electrons. The largest absolute Gasteiger partial charge is 0.416 e. The van der Waals surface area contributed by atoms with Gasteiger partial charge in [-0.1, -0.05) is 41.9 Å². The second-order valence-corrected chi connectivity index (χ2v) is 5.19. The van der Waals surface area contributed by atoms with Gasteiger partial charge in [0.2, 0.25) is 0 Å². The van der Waals surface area contributed by atoms with E-state index < -0.39 is 17.8 Å². The van der Waals surface area contributed by atoms with Gasteiger partial charge in [-0.25, -0.2) is 0 Å². The molecule has 2 rings (SSSR count). The molecule has 2 aromatic rings. The first-order valence-electron chi connectivity index (χ1n) is 6.49. The van der Waals surface area contributed by atoms with E-state index in [1.165, 1.54) is 12.1 Å². The van der Waals surface area contributed by atoms with E-state index in [2.05, 4.69) is 5.32 Å². The summed E-state index contributed by atoms with van der Waals surface area (Å²) in [5.41, 5.74) is 0.580. The van der Waals surface area contributed by atoms with Crippen LogP contribution in [0.15, 0.2) is 48.5 Å². The van der Waals surface area contributed by atoms with Gasteiger partial charge < -0.3 is 5.32 Å². The number of rotatable bonds is 4. The fourth-order valence-corrected chi connectivity index (χ4v) is 2.41. The monoisotopic (exact) mass is 313 g/mol. The van der Waals surface area contributed by atoms with Crippen molar-refractivity contribution < 1.29 is 13.2 Å². The Bertz CT molecular complexity index is 593. The maximum Gasteiger partial charge on any atom is 0.416 e. The van der Waals surface area contributed by atoms with Crippen LogP contribution in [0.25, 0.3) is 0 Å². The molecule has 1 N–H and O–H groups in total. The summed E-state index contributed by atoms with van der Waals surface area (Å²) in [5, 5.41) is 3.57. The lowest BCUT2D eigenvalue weighted by molar-refractivity contribution is -0.138. The second-order valence-electron chi connectivity index (χ2n) is 4.76. The highest BCUT2D eigenvalue weighted by Gasteiger charge is 2.34. The molecule has 0 aliphatic heterocycles. The van der Waals surface area contributed by atoms with Gasteiger partial charge in [-0.3, -0.25) is 0 Å². The fraction of sp³-hybridized carbons (Fsp3) is 0.250. The molecule has 0 aliphatic carbocycles. The predicted octanol–water partition coefficient (Wildman–Crippen LogP) is 4.86. The van der Waals surface area contributed by atoms with E-state index in [1.807, 2.05) is 12.1 Å². The summed E-state index contributed by atoms with van der Waals surface area (Å²) < 4.78 is 39.3. The minimum absolute atomic E-state index is 0.252. The minimum atomic E-state index is -4.36. The van der Waals surface area contributed by atoms with E-state index in [-0.39, 0.29) is 5.56 Å². The van der Waals surface area contributed by atoms with Gasteiger partial charge in [0, 0.05) is 11.1 Å².